The van der Waals surface area contributed by atoms with E-state index in [4.69, 9.17) is 4.74 Å². The van der Waals surface area contributed by atoms with Crippen molar-refractivity contribution in [3.05, 3.63) is 102 Å². The van der Waals surface area contributed by atoms with Crippen molar-refractivity contribution in [2.75, 3.05) is 26.7 Å². The van der Waals surface area contributed by atoms with Crippen LogP contribution in [0.25, 0.3) is 0 Å². The van der Waals surface area contributed by atoms with Gasteiger partial charge in [0.1, 0.15) is 5.75 Å². The van der Waals surface area contributed by atoms with Crippen LogP contribution in [0.15, 0.2) is 84.9 Å². The third kappa shape index (κ3) is 6.50. The summed E-state index contributed by atoms with van der Waals surface area (Å²) < 4.78 is 5.37. The molecule has 0 atom stereocenters. The van der Waals surface area contributed by atoms with Gasteiger partial charge in [-0.05, 0) is 54.4 Å². The standard InChI is InChI=1S/C30H34N2O3/c1-35-27-15-9-8-14-26(27)29(34)31-23-30(22-25-12-6-3-7-13-25)18-20-32(21-19-30)28(33)17-16-24-10-4-2-5-11-24/h2-15H,16-23H2,1H3,(H,31,34). The van der Waals surface area contributed by atoms with Crippen LogP contribution in [-0.4, -0.2) is 43.5 Å². The van der Waals surface area contributed by atoms with Gasteiger partial charge in [0.2, 0.25) is 5.91 Å². The van der Waals surface area contributed by atoms with Crippen molar-refractivity contribution >= 4 is 11.8 Å². The summed E-state index contributed by atoms with van der Waals surface area (Å²) in [5.74, 6) is 0.650. The molecule has 1 saturated heterocycles. The summed E-state index contributed by atoms with van der Waals surface area (Å²) in [6.07, 6.45) is 3.86. The molecular weight excluding hydrogens is 436 g/mol. The maximum atomic E-state index is 13.0. The first-order chi connectivity index (χ1) is 17.1. The molecule has 1 heterocycles. The van der Waals surface area contributed by atoms with Crippen LogP contribution >= 0.6 is 0 Å². The number of methoxy groups -OCH3 is 1. The van der Waals surface area contributed by atoms with Crippen LogP contribution in [0.1, 0.15) is 40.7 Å². The summed E-state index contributed by atoms with van der Waals surface area (Å²) in [6, 6.07) is 27.9. The van der Waals surface area contributed by atoms with E-state index in [0.29, 0.717) is 37.4 Å². The lowest BCUT2D eigenvalue weighted by Gasteiger charge is -2.42. The number of nitrogens with one attached hydrogen (secondary N) is 1. The number of hydrogen-bond donors (Lipinski definition) is 1. The number of nitrogens with zero attached hydrogens (tertiary/aromatic N) is 1. The van der Waals surface area contributed by atoms with Crippen molar-refractivity contribution < 1.29 is 14.3 Å². The lowest BCUT2D eigenvalue weighted by molar-refractivity contribution is -0.133. The molecule has 0 aromatic heterocycles. The fourth-order valence-electron chi connectivity index (χ4n) is 4.92. The number of piperidine rings is 1. The molecule has 0 saturated carbocycles. The average molecular weight is 471 g/mol. The van der Waals surface area contributed by atoms with E-state index in [1.807, 2.05) is 41.3 Å². The predicted octanol–water partition coefficient (Wildman–Crippen LogP) is 4.91. The Morgan fingerprint density at radius 1 is 0.857 bits per heavy atom. The van der Waals surface area contributed by atoms with E-state index < -0.39 is 0 Å². The highest BCUT2D eigenvalue weighted by atomic mass is 16.5. The van der Waals surface area contributed by atoms with Crippen molar-refractivity contribution in [3.8, 4) is 5.75 Å². The fraction of sp³-hybridized carbons (Fsp3) is 0.333. The lowest BCUT2D eigenvalue weighted by Crippen LogP contribution is -2.49. The monoisotopic (exact) mass is 470 g/mol. The van der Waals surface area contributed by atoms with Crippen LogP contribution in [0.3, 0.4) is 0 Å². The Morgan fingerprint density at radius 3 is 2.11 bits per heavy atom. The van der Waals surface area contributed by atoms with E-state index in [-0.39, 0.29) is 17.2 Å². The van der Waals surface area contributed by atoms with Crippen LogP contribution in [0.4, 0.5) is 0 Å². The van der Waals surface area contributed by atoms with Crippen molar-refractivity contribution in [2.24, 2.45) is 5.41 Å². The molecule has 0 aliphatic carbocycles. The summed E-state index contributed by atoms with van der Waals surface area (Å²) in [5, 5.41) is 3.17. The van der Waals surface area contributed by atoms with Gasteiger partial charge in [0.25, 0.3) is 5.91 Å². The molecule has 0 unspecified atom stereocenters. The van der Waals surface area contributed by atoms with Gasteiger partial charge in [0.15, 0.2) is 0 Å². The second kappa shape index (κ2) is 11.7. The molecule has 182 valence electrons. The molecule has 35 heavy (non-hydrogen) atoms. The Bertz CT molecular complexity index is 1110. The van der Waals surface area contributed by atoms with Gasteiger partial charge in [-0.2, -0.15) is 0 Å². The zero-order valence-corrected chi connectivity index (χ0v) is 20.4. The van der Waals surface area contributed by atoms with Gasteiger partial charge in [-0.25, -0.2) is 0 Å². The molecule has 2 amide bonds. The number of rotatable bonds is 9. The van der Waals surface area contributed by atoms with E-state index in [0.717, 1.165) is 25.7 Å². The highest BCUT2D eigenvalue weighted by Crippen LogP contribution is 2.35. The number of hydrogen-bond acceptors (Lipinski definition) is 3. The van der Waals surface area contributed by atoms with Crippen LogP contribution in [0.2, 0.25) is 0 Å². The molecule has 0 bridgehead atoms. The van der Waals surface area contributed by atoms with Crippen LogP contribution in [0.5, 0.6) is 5.75 Å². The Labute approximate surface area is 208 Å². The molecule has 0 radical (unpaired) electrons. The maximum absolute atomic E-state index is 13.0. The molecule has 3 aromatic rings. The van der Waals surface area contributed by atoms with E-state index in [2.05, 4.69) is 41.7 Å². The summed E-state index contributed by atoms with van der Waals surface area (Å²) in [6.45, 7) is 1.99. The Morgan fingerprint density at radius 2 is 1.46 bits per heavy atom. The fourth-order valence-corrected chi connectivity index (χ4v) is 4.92. The normalized spacial score (nSPS) is 14.8. The smallest absolute Gasteiger partial charge is 0.255 e. The first kappa shape index (κ1) is 24.5. The summed E-state index contributed by atoms with van der Waals surface area (Å²) in [4.78, 5) is 27.9. The first-order valence-electron chi connectivity index (χ1n) is 12.4. The van der Waals surface area contributed by atoms with E-state index in [1.54, 1.807) is 19.2 Å². The van der Waals surface area contributed by atoms with Gasteiger partial charge in [0, 0.05) is 26.1 Å². The van der Waals surface area contributed by atoms with Gasteiger partial charge in [0.05, 0.1) is 12.7 Å². The maximum Gasteiger partial charge on any atom is 0.255 e. The van der Waals surface area contributed by atoms with Crippen molar-refractivity contribution in [2.45, 2.75) is 32.1 Å². The number of amides is 2. The second-order valence-electron chi connectivity index (χ2n) is 9.41. The molecule has 5 nitrogen and oxygen atoms in total. The van der Waals surface area contributed by atoms with Crippen molar-refractivity contribution in [1.29, 1.82) is 0 Å². The number of ether oxygens (including phenoxy) is 1. The zero-order valence-electron chi connectivity index (χ0n) is 20.4. The molecule has 1 aliphatic heterocycles. The van der Waals surface area contributed by atoms with Gasteiger partial charge in [-0.3, -0.25) is 9.59 Å². The number of carbonyl (C=O) groups is 2. The highest BCUT2D eigenvalue weighted by Gasteiger charge is 2.36. The van der Waals surface area contributed by atoms with Crippen LogP contribution in [-0.2, 0) is 17.6 Å². The van der Waals surface area contributed by atoms with Gasteiger partial charge in [-0.15, -0.1) is 0 Å². The number of benzene rings is 3. The van der Waals surface area contributed by atoms with E-state index in [9.17, 15) is 9.59 Å². The third-order valence-electron chi connectivity index (χ3n) is 7.04. The average Bonchev–Trinajstić information content (AvgIpc) is 2.92. The third-order valence-corrected chi connectivity index (χ3v) is 7.04. The topological polar surface area (TPSA) is 58.6 Å². The molecule has 1 N–H and O–H groups in total. The molecule has 1 fully saturated rings. The number of aryl methyl sites for hydroxylation is 1. The minimum absolute atomic E-state index is 0.102. The van der Waals surface area contributed by atoms with Gasteiger partial charge < -0.3 is 15.0 Å². The number of para-hydroxylation sites is 1. The van der Waals surface area contributed by atoms with Crippen molar-refractivity contribution in [3.63, 3.8) is 0 Å². The minimum atomic E-state index is -0.128. The zero-order chi connectivity index (χ0) is 24.5. The first-order valence-corrected chi connectivity index (χ1v) is 12.4. The van der Waals surface area contributed by atoms with Crippen molar-refractivity contribution in [1.82, 2.24) is 10.2 Å². The second-order valence-corrected chi connectivity index (χ2v) is 9.41. The van der Waals surface area contributed by atoms with Crippen LogP contribution < -0.4 is 10.1 Å². The quantitative estimate of drug-likeness (QED) is 0.483. The molecule has 0 spiro atoms. The Balaban J connectivity index is 1.40. The Hall–Kier alpha value is -3.60. The molecule has 3 aromatic carbocycles. The molecular formula is C30H34N2O3. The molecule has 1 aliphatic rings. The number of carbonyl (C=O) groups excluding carboxylic acids is 2. The largest absolute Gasteiger partial charge is 0.496 e. The SMILES string of the molecule is COc1ccccc1C(=O)NCC1(Cc2ccccc2)CCN(C(=O)CCc2ccccc2)CC1. The van der Waals surface area contributed by atoms with Crippen LogP contribution in [0, 0.1) is 5.41 Å². The molecule has 5 heteroatoms. The summed E-state index contributed by atoms with van der Waals surface area (Å²) >= 11 is 0. The highest BCUT2D eigenvalue weighted by molar-refractivity contribution is 5.96. The summed E-state index contributed by atoms with van der Waals surface area (Å²) in [7, 11) is 1.58. The predicted molar refractivity (Wildman–Crippen MR) is 138 cm³/mol. The van der Waals surface area contributed by atoms with E-state index >= 15 is 0 Å². The minimum Gasteiger partial charge on any atom is -0.496 e. The summed E-state index contributed by atoms with van der Waals surface area (Å²) in [5.41, 5.74) is 2.88. The number of likely N-dealkylation sites (tertiary alicyclic amines) is 1. The lowest BCUT2D eigenvalue weighted by atomic mass is 9.73. The Kier molecular flexibility index (Phi) is 8.19. The van der Waals surface area contributed by atoms with E-state index in [1.165, 1.54) is 11.1 Å². The van der Waals surface area contributed by atoms with Gasteiger partial charge >= 0.3 is 0 Å². The molecule has 4 rings (SSSR count). The van der Waals surface area contributed by atoms with Gasteiger partial charge in [-0.1, -0.05) is 72.8 Å².